The van der Waals surface area contributed by atoms with Gasteiger partial charge in [0.05, 0.1) is 12.6 Å². The third kappa shape index (κ3) is 3.94. The lowest BCUT2D eigenvalue weighted by molar-refractivity contribution is -0.999. The van der Waals surface area contributed by atoms with E-state index < -0.39 is 0 Å². The van der Waals surface area contributed by atoms with Crippen molar-refractivity contribution in [3.63, 3.8) is 0 Å². The number of hydrogen-bond acceptors (Lipinski definition) is 2. The number of aromatic nitrogens is 1. The zero-order chi connectivity index (χ0) is 18.7. The number of rotatable bonds is 4. The molecule has 1 aliphatic carbocycles. The standard InChI is InChI=1S/C20H31N5O/c1-15-16(2)25(17-7-5-4-6-8-17)20(18(15)13-21)22-19(26)14-24-11-9-23(3)10-12-24/h17H,4-12,14H2,1-3H3,(H,22,26)/p+2. The number of anilines is 1. The van der Waals surface area contributed by atoms with Gasteiger partial charge in [-0.15, -0.1) is 0 Å². The Morgan fingerprint density at radius 2 is 1.85 bits per heavy atom. The summed E-state index contributed by atoms with van der Waals surface area (Å²) in [7, 11) is 2.21. The summed E-state index contributed by atoms with van der Waals surface area (Å²) in [6.45, 7) is 8.86. The minimum absolute atomic E-state index is 0.0330. The summed E-state index contributed by atoms with van der Waals surface area (Å²) in [4.78, 5) is 15.6. The zero-order valence-corrected chi connectivity index (χ0v) is 16.5. The van der Waals surface area contributed by atoms with Gasteiger partial charge in [0, 0.05) is 11.7 Å². The molecular weight excluding hydrogens is 326 g/mol. The number of nitrogens with one attached hydrogen (secondary N) is 3. The van der Waals surface area contributed by atoms with Crippen molar-refractivity contribution in [2.75, 3.05) is 45.1 Å². The molecule has 2 fully saturated rings. The molecule has 0 aromatic carbocycles. The van der Waals surface area contributed by atoms with Crippen LogP contribution in [0.3, 0.4) is 0 Å². The Balaban J connectivity index is 1.78. The first-order valence-corrected chi connectivity index (χ1v) is 10.1. The highest BCUT2D eigenvalue weighted by molar-refractivity contribution is 5.92. The molecule has 26 heavy (non-hydrogen) atoms. The fourth-order valence-electron chi connectivity index (χ4n) is 4.49. The van der Waals surface area contributed by atoms with E-state index >= 15 is 0 Å². The Labute approximate surface area is 156 Å². The van der Waals surface area contributed by atoms with Gasteiger partial charge in [-0.3, -0.25) is 4.79 Å². The third-order valence-electron chi connectivity index (χ3n) is 6.29. The average Bonchev–Trinajstić information content (AvgIpc) is 2.87. The normalized spacial score (nSPS) is 24.2. The van der Waals surface area contributed by atoms with Gasteiger partial charge in [-0.2, -0.15) is 5.26 Å². The predicted molar refractivity (Wildman–Crippen MR) is 102 cm³/mol. The molecule has 2 aliphatic rings. The summed E-state index contributed by atoms with van der Waals surface area (Å²) >= 11 is 0. The Morgan fingerprint density at radius 1 is 1.19 bits per heavy atom. The second-order valence-corrected chi connectivity index (χ2v) is 8.14. The molecule has 1 saturated heterocycles. The van der Waals surface area contributed by atoms with Gasteiger partial charge in [0.1, 0.15) is 38.1 Å². The minimum Gasteiger partial charge on any atom is -0.328 e. The van der Waals surface area contributed by atoms with Crippen molar-refractivity contribution >= 4 is 11.7 Å². The first-order chi connectivity index (χ1) is 12.5. The van der Waals surface area contributed by atoms with Crippen LogP contribution in [0.5, 0.6) is 0 Å². The summed E-state index contributed by atoms with van der Waals surface area (Å²) in [6, 6.07) is 2.74. The van der Waals surface area contributed by atoms with Crippen LogP contribution in [0.4, 0.5) is 5.82 Å². The van der Waals surface area contributed by atoms with Crippen LogP contribution in [0.15, 0.2) is 0 Å². The van der Waals surface area contributed by atoms with Gasteiger partial charge in [-0.25, -0.2) is 0 Å². The molecule has 6 nitrogen and oxygen atoms in total. The summed E-state index contributed by atoms with van der Waals surface area (Å²) in [5, 5.41) is 12.8. The average molecular weight is 360 g/mol. The van der Waals surface area contributed by atoms with E-state index in [1.165, 1.54) is 24.2 Å². The lowest BCUT2D eigenvalue weighted by Crippen LogP contribution is -3.27. The molecule has 3 rings (SSSR count). The van der Waals surface area contributed by atoms with Crippen LogP contribution in [0, 0.1) is 25.2 Å². The van der Waals surface area contributed by atoms with Gasteiger partial charge in [0.25, 0.3) is 5.91 Å². The number of piperazine rings is 1. The highest BCUT2D eigenvalue weighted by Crippen LogP contribution is 2.36. The number of carbonyl (C=O) groups excluding carboxylic acids is 1. The summed E-state index contributed by atoms with van der Waals surface area (Å²) in [5.74, 6) is 0.768. The number of quaternary nitrogens is 2. The number of nitrogens with zero attached hydrogens (tertiary/aromatic N) is 2. The molecular formula is C20H33N5O+2. The lowest BCUT2D eigenvalue weighted by Gasteiger charge is -2.28. The van der Waals surface area contributed by atoms with Crippen molar-refractivity contribution in [3.8, 4) is 6.07 Å². The fourth-order valence-corrected chi connectivity index (χ4v) is 4.49. The van der Waals surface area contributed by atoms with E-state index in [1.807, 2.05) is 6.92 Å². The van der Waals surface area contributed by atoms with Crippen molar-refractivity contribution in [3.05, 3.63) is 16.8 Å². The SMILES string of the molecule is Cc1c(C#N)c(NC(=O)C[NH+]2CC[NH+](C)CC2)n(C2CCCCC2)c1C. The molecule has 1 aliphatic heterocycles. The quantitative estimate of drug-likeness (QED) is 0.699. The van der Waals surface area contributed by atoms with Gasteiger partial charge in [-0.05, 0) is 32.3 Å². The van der Waals surface area contributed by atoms with E-state index in [-0.39, 0.29) is 5.91 Å². The summed E-state index contributed by atoms with van der Waals surface area (Å²) in [5.41, 5.74) is 2.77. The smallest absolute Gasteiger partial charge is 0.280 e. The Hall–Kier alpha value is -1.84. The van der Waals surface area contributed by atoms with E-state index in [4.69, 9.17) is 0 Å². The van der Waals surface area contributed by atoms with Crippen molar-refractivity contribution in [1.29, 1.82) is 5.26 Å². The largest absolute Gasteiger partial charge is 0.328 e. The van der Waals surface area contributed by atoms with Crippen LogP contribution in [0.25, 0.3) is 0 Å². The van der Waals surface area contributed by atoms with Gasteiger partial charge in [-0.1, -0.05) is 19.3 Å². The van der Waals surface area contributed by atoms with Crippen LogP contribution in [0.2, 0.25) is 0 Å². The Morgan fingerprint density at radius 3 is 2.46 bits per heavy atom. The molecule has 1 amide bonds. The molecule has 1 saturated carbocycles. The summed E-state index contributed by atoms with van der Waals surface area (Å²) in [6.07, 6.45) is 6.01. The van der Waals surface area contributed by atoms with E-state index in [1.54, 1.807) is 4.90 Å². The molecule has 1 aromatic rings. The van der Waals surface area contributed by atoms with Crippen LogP contribution in [-0.4, -0.2) is 50.2 Å². The molecule has 1 aromatic heterocycles. The van der Waals surface area contributed by atoms with E-state index in [0.717, 1.165) is 56.1 Å². The molecule has 0 spiro atoms. The van der Waals surface area contributed by atoms with Crippen molar-refractivity contribution < 1.29 is 14.6 Å². The van der Waals surface area contributed by atoms with Crippen molar-refractivity contribution in [2.45, 2.75) is 52.0 Å². The predicted octanol–water partition coefficient (Wildman–Crippen LogP) is -0.166. The van der Waals surface area contributed by atoms with Crippen molar-refractivity contribution in [1.82, 2.24) is 4.57 Å². The monoisotopic (exact) mass is 359 g/mol. The molecule has 6 heteroatoms. The molecule has 2 heterocycles. The number of carbonyl (C=O) groups is 1. The Bertz CT molecular complexity index is 688. The third-order valence-corrected chi connectivity index (χ3v) is 6.29. The van der Waals surface area contributed by atoms with Gasteiger partial charge in [0.15, 0.2) is 6.54 Å². The first-order valence-electron chi connectivity index (χ1n) is 10.1. The van der Waals surface area contributed by atoms with Gasteiger partial charge < -0.3 is 19.7 Å². The zero-order valence-electron chi connectivity index (χ0n) is 16.5. The second kappa shape index (κ2) is 8.24. The minimum atomic E-state index is 0.0330. The maximum absolute atomic E-state index is 12.7. The highest BCUT2D eigenvalue weighted by Gasteiger charge is 2.27. The molecule has 0 radical (unpaired) electrons. The maximum atomic E-state index is 12.7. The van der Waals surface area contributed by atoms with E-state index in [0.29, 0.717) is 18.2 Å². The number of nitriles is 1. The van der Waals surface area contributed by atoms with Gasteiger partial charge in [0.2, 0.25) is 0 Å². The Kier molecular flexibility index (Phi) is 6.00. The van der Waals surface area contributed by atoms with Gasteiger partial charge >= 0.3 is 0 Å². The fraction of sp³-hybridized carbons (Fsp3) is 0.700. The molecule has 142 valence electrons. The van der Waals surface area contributed by atoms with Crippen LogP contribution in [-0.2, 0) is 4.79 Å². The van der Waals surface area contributed by atoms with E-state index in [2.05, 4.69) is 29.9 Å². The molecule has 0 atom stereocenters. The maximum Gasteiger partial charge on any atom is 0.280 e. The number of hydrogen-bond donors (Lipinski definition) is 3. The van der Waals surface area contributed by atoms with Crippen LogP contribution >= 0.6 is 0 Å². The van der Waals surface area contributed by atoms with Crippen molar-refractivity contribution in [2.24, 2.45) is 0 Å². The number of amides is 1. The van der Waals surface area contributed by atoms with Crippen LogP contribution < -0.4 is 15.1 Å². The molecule has 0 bridgehead atoms. The molecule has 0 unspecified atom stereocenters. The van der Waals surface area contributed by atoms with E-state index in [9.17, 15) is 10.1 Å². The second-order valence-electron chi connectivity index (χ2n) is 8.14. The molecule has 3 N–H and O–H groups in total. The first kappa shape index (κ1) is 18.9. The highest BCUT2D eigenvalue weighted by atomic mass is 16.2. The topological polar surface area (TPSA) is 66.7 Å². The van der Waals surface area contributed by atoms with Crippen LogP contribution in [0.1, 0.15) is 55.0 Å². The lowest BCUT2D eigenvalue weighted by atomic mass is 9.95. The summed E-state index contributed by atoms with van der Waals surface area (Å²) < 4.78 is 2.24. The number of likely N-dealkylation sites (N-methyl/N-ethyl adjacent to an activating group) is 1.